The highest BCUT2D eigenvalue weighted by atomic mass is 32.2. The molecule has 0 radical (unpaired) electrons. The van der Waals surface area contributed by atoms with Crippen LogP contribution >= 0.6 is 0 Å². The van der Waals surface area contributed by atoms with E-state index in [-0.39, 0.29) is 33.5 Å². The number of sulfone groups is 1. The van der Waals surface area contributed by atoms with Gasteiger partial charge >= 0.3 is 5.97 Å². The van der Waals surface area contributed by atoms with Crippen LogP contribution < -0.4 is 4.74 Å². The molecule has 0 unspecified atom stereocenters. The van der Waals surface area contributed by atoms with Crippen molar-refractivity contribution in [2.45, 2.75) is 23.1 Å². The Bertz CT molecular complexity index is 1450. The molecular weight excluding hydrogens is 458 g/mol. The van der Waals surface area contributed by atoms with Gasteiger partial charge in [-0.25, -0.2) is 8.42 Å². The van der Waals surface area contributed by atoms with Gasteiger partial charge in [-0.15, -0.1) is 0 Å². The Kier molecular flexibility index (Phi) is 6.24. The molecule has 4 aromatic rings. The van der Waals surface area contributed by atoms with Crippen molar-refractivity contribution in [2.24, 2.45) is 0 Å². The molecule has 0 atom stereocenters. The quantitative estimate of drug-likeness (QED) is 0.223. The van der Waals surface area contributed by atoms with E-state index in [0.717, 1.165) is 24.3 Å². The third-order valence-electron chi connectivity index (χ3n) is 4.99. The number of carbonyl (C=O) groups is 1. The topological polar surface area (TPSA) is 121 Å². The first-order valence-corrected chi connectivity index (χ1v) is 11.6. The number of ether oxygens (including phenoxy) is 1. The second kappa shape index (κ2) is 9.28. The number of aryl methyl sites for hydroxylation is 1. The predicted octanol–water partition coefficient (Wildman–Crippen LogP) is 4.07. The van der Waals surface area contributed by atoms with Gasteiger partial charge in [0.05, 0.1) is 27.6 Å². The normalized spacial score (nSPS) is 11.2. The van der Waals surface area contributed by atoms with E-state index in [1.165, 1.54) is 11.6 Å². The Hall–Kier alpha value is -4.31. The molecule has 34 heavy (non-hydrogen) atoms. The van der Waals surface area contributed by atoms with Crippen molar-refractivity contribution in [1.29, 1.82) is 0 Å². The molecular formula is C24H19N3O6S. The van der Waals surface area contributed by atoms with Crippen LogP contribution in [-0.4, -0.2) is 29.1 Å². The van der Waals surface area contributed by atoms with Gasteiger partial charge in [0.25, 0.3) is 5.69 Å². The number of hydrogen-bond acceptors (Lipinski definition) is 7. The van der Waals surface area contributed by atoms with Gasteiger partial charge in [-0.1, -0.05) is 48.5 Å². The lowest BCUT2D eigenvalue weighted by atomic mass is 10.2. The Morgan fingerprint density at radius 2 is 1.56 bits per heavy atom. The van der Waals surface area contributed by atoms with E-state index in [4.69, 9.17) is 4.74 Å². The number of para-hydroxylation sites is 1. The smallest absolute Gasteiger partial charge is 0.317 e. The van der Waals surface area contributed by atoms with E-state index >= 15 is 0 Å². The summed E-state index contributed by atoms with van der Waals surface area (Å²) in [5.74, 6) is -0.911. The van der Waals surface area contributed by atoms with Crippen LogP contribution in [0.2, 0.25) is 0 Å². The van der Waals surface area contributed by atoms with E-state index < -0.39 is 20.7 Å². The van der Waals surface area contributed by atoms with E-state index in [9.17, 15) is 23.3 Å². The second-order valence-corrected chi connectivity index (χ2v) is 9.24. The van der Waals surface area contributed by atoms with Gasteiger partial charge in [-0.2, -0.15) is 9.78 Å². The molecule has 10 heteroatoms. The van der Waals surface area contributed by atoms with Gasteiger partial charge in [0.1, 0.15) is 0 Å². The van der Waals surface area contributed by atoms with Crippen LogP contribution in [-0.2, 0) is 21.1 Å². The SMILES string of the molecule is Cc1nn(-c2ccccc2)c(OC(=O)Cc2ccccc2)c1S(=O)(=O)c1ccc([N+](=O)[O-])cc1. The lowest BCUT2D eigenvalue weighted by molar-refractivity contribution is -0.384. The number of non-ortho nitro benzene ring substituents is 1. The number of esters is 1. The van der Waals surface area contributed by atoms with Crippen molar-refractivity contribution in [3.05, 3.63) is 106 Å². The number of nitrogens with zero attached hydrogens (tertiary/aromatic N) is 3. The van der Waals surface area contributed by atoms with Gasteiger partial charge in [0.2, 0.25) is 15.7 Å². The summed E-state index contributed by atoms with van der Waals surface area (Å²) in [4.78, 5) is 22.6. The Morgan fingerprint density at radius 1 is 0.971 bits per heavy atom. The van der Waals surface area contributed by atoms with E-state index in [1.54, 1.807) is 54.6 Å². The molecule has 0 aliphatic rings. The van der Waals surface area contributed by atoms with E-state index in [1.807, 2.05) is 6.07 Å². The van der Waals surface area contributed by atoms with Crippen LogP contribution in [0.1, 0.15) is 11.3 Å². The fourth-order valence-corrected chi connectivity index (χ4v) is 4.92. The summed E-state index contributed by atoms with van der Waals surface area (Å²) in [6, 6.07) is 22.1. The molecule has 0 aliphatic carbocycles. The van der Waals surface area contributed by atoms with Crippen molar-refractivity contribution < 1.29 is 22.9 Å². The van der Waals surface area contributed by atoms with Crippen LogP contribution in [0.25, 0.3) is 5.69 Å². The summed E-state index contributed by atoms with van der Waals surface area (Å²) >= 11 is 0. The lowest BCUT2D eigenvalue weighted by Gasteiger charge is -2.11. The largest absolute Gasteiger partial charge is 0.406 e. The molecule has 0 saturated carbocycles. The third kappa shape index (κ3) is 4.57. The molecule has 0 saturated heterocycles. The van der Waals surface area contributed by atoms with Crippen LogP contribution in [0.5, 0.6) is 5.88 Å². The van der Waals surface area contributed by atoms with Gasteiger partial charge in [-0.3, -0.25) is 14.9 Å². The standard InChI is InChI=1S/C24H19N3O6S/c1-17-23(34(31,32)21-14-12-20(13-15-21)27(29)30)24(26(25-17)19-10-6-3-7-11-19)33-22(28)16-18-8-4-2-5-9-18/h2-15H,16H2,1H3. The molecule has 172 valence electrons. The Labute approximate surface area is 195 Å². The first-order valence-electron chi connectivity index (χ1n) is 10.2. The first kappa shape index (κ1) is 22.9. The van der Waals surface area contributed by atoms with Crippen molar-refractivity contribution in [2.75, 3.05) is 0 Å². The number of carbonyl (C=O) groups excluding carboxylic acids is 1. The molecule has 4 rings (SSSR count). The average molecular weight is 477 g/mol. The molecule has 3 aromatic carbocycles. The monoisotopic (exact) mass is 477 g/mol. The highest BCUT2D eigenvalue weighted by Crippen LogP contribution is 2.35. The molecule has 0 bridgehead atoms. The molecule has 1 heterocycles. The molecule has 1 aromatic heterocycles. The van der Waals surface area contributed by atoms with Crippen molar-refractivity contribution in [3.8, 4) is 11.6 Å². The molecule has 0 amide bonds. The van der Waals surface area contributed by atoms with Crippen molar-refractivity contribution >= 4 is 21.5 Å². The highest BCUT2D eigenvalue weighted by molar-refractivity contribution is 7.91. The van der Waals surface area contributed by atoms with Gasteiger partial charge in [0, 0.05) is 12.1 Å². The number of benzene rings is 3. The zero-order chi connectivity index (χ0) is 24.3. The average Bonchev–Trinajstić information content (AvgIpc) is 3.16. The maximum absolute atomic E-state index is 13.5. The summed E-state index contributed by atoms with van der Waals surface area (Å²) in [5.41, 5.74) is 1.07. The Balaban J connectivity index is 1.81. The fourth-order valence-electron chi connectivity index (χ4n) is 3.41. The van der Waals surface area contributed by atoms with Crippen LogP contribution in [0, 0.1) is 17.0 Å². The maximum atomic E-state index is 13.5. The predicted molar refractivity (Wildman–Crippen MR) is 123 cm³/mol. The number of hydrogen-bond donors (Lipinski definition) is 0. The van der Waals surface area contributed by atoms with Gasteiger partial charge in [0.15, 0.2) is 4.90 Å². The van der Waals surface area contributed by atoms with Crippen LogP contribution in [0.15, 0.2) is 94.7 Å². The molecule has 0 aliphatic heterocycles. The third-order valence-corrected chi connectivity index (χ3v) is 6.89. The fraction of sp³-hybridized carbons (Fsp3) is 0.0833. The maximum Gasteiger partial charge on any atom is 0.317 e. The van der Waals surface area contributed by atoms with Crippen molar-refractivity contribution in [1.82, 2.24) is 9.78 Å². The van der Waals surface area contributed by atoms with E-state index in [2.05, 4.69) is 5.10 Å². The summed E-state index contributed by atoms with van der Waals surface area (Å²) in [6.07, 6.45) is -0.0725. The number of rotatable bonds is 7. The van der Waals surface area contributed by atoms with Crippen molar-refractivity contribution in [3.63, 3.8) is 0 Å². The summed E-state index contributed by atoms with van der Waals surface area (Å²) in [5, 5.41) is 15.3. The second-order valence-electron chi connectivity index (χ2n) is 7.36. The molecule has 0 fully saturated rings. The number of nitro benzene ring substituents is 1. The Morgan fingerprint density at radius 3 is 2.15 bits per heavy atom. The number of nitro groups is 1. The lowest BCUT2D eigenvalue weighted by Crippen LogP contribution is -2.16. The summed E-state index contributed by atoms with van der Waals surface area (Å²) in [6.45, 7) is 1.49. The minimum absolute atomic E-state index is 0.0725. The van der Waals surface area contributed by atoms with Crippen LogP contribution in [0.4, 0.5) is 5.69 Å². The summed E-state index contributed by atoms with van der Waals surface area (Å²) in [7, 11) is -4.23. The van der Waals surface area contributed by atoms with E-state index in [0.29, 0.717) is 11.3 Å². The molecule has 0 N–H and O–H groups in total. The summed E-state index contributed by atoms with van der Waals surface area (Å²) < 4.78 is 33.9. The minimum Gasteiger partial charge on any atom is -0.406 e. The molecule has 9 nitrogen and oxygen atoms in total. The minimum atomic E-state index is -4.23. The first-order chi connectivity index (χ1) is 16.3. The van der Waals surface area contributed by atoms with Gasteiger partial charge < -0.3 is 4.74 Å². The van der Waals surface area contributed by atoms with Gasteiger partial charge in [-0.05, 0) is 36.8 Å². The zero-order valence-electron chi connectivity index (χ0n) is 18.0. The van der Waals surface area contributed by atoms with Crippen LogP contribution in [0.3, 0.4) is 0 Å². The molecule has 0 spiro atoms. The zero-order valence-corrected chi connectivity index (χ0v) is 18.8. The number of aromatic nitrogens is 2. The highest BCUT2D eigenvalue weighted by Gasteiger charge is 2.32.